The van der Waals surface area contributed by atoms with Crippen LogP contribution in [0.3, 0.4) is 0 Å². The number of carbonyl (C=O) groups excluding carboxylic acids is 3. The highest BCUT2D eigenvalue weighted by atomic mass is 32.1. The summed E-state index contributed by atoms with van der Waals surface area (Å²) in [5.74, 6) is -1.76. The monoisotopic (exact) mass is 536 g/mol. The number of ether oxygens (including phenoxy) is 1. The Bertz CT molecular complexity index is 1320. The van der Waals surface area contributed by atoms with Crippen LogP contribution in [0.4, 0.5) is 17.1 Å². The van der Waals surface area contributed by atoms with Crippen LogP contribution in [0.1, 0.15) is 50.2 Å². The predicted octanol–water partition coefficient (Wildman–Crippen LogP) is 2.88. The predicted molar refractivity (Wildman–Crippen MR) is 149 cm³/mol. The number of para-hydroxylation sites is 1. The van der Waals surface area contributed by atoms with Crippen LogP contribution in [-0.4, -0.2) is 55.4 Å². The van der Waals surface area contributed by atoms with Gasteiger partial charge in [0.25, 0.3) is 11.8 Å². The second-order valence-corrected chi connectivity index (χ2v) is 10.1. The number of hydrogen-bond acceptors (Lipinski definition) is 8. The van der Waals surface area contributed by atoms with Crippen LogP contribution in [0.25, 0.3) is 0 Å². The fraction of sp³-hybridized carbons (Fsp3) is 0.333. The first-order valence-corrected chi connectivity index (χ1v) is 13.1. The van der Waals surface area contributed by atoms with Gasteiger partial charge in [-0.1, -0.05) is 30.3 Å². The molecule has 38 heavy (non-hydrogen) atoms. The molecule has 2 heterocycles. The fourth-order valence-electron chi connectivity index (χ4n) is 4.43. The molecular weight excluding hydrogens is 504 g/mol. The largest absolute Gasteiger partial charge is 0.395 e. The van der Waals surface area contributed by atoms with Crippen molar-refractivity contribution in [2.24, 2.45) is 5.73 Å². The van der Waals surface area contributed by atoms with E-state index in [2.05, 4.69) is 9.69 Å². The smallest absolute Gasteiger partial charge is 0.273 e. The Morgan fingerprint density at radius 2 is 1.87 bits per heavy atom. The Morgan fingerprint density at radius 3 is 2.45 bits per heavy atom. The van der Waals surface area contributed by atoms with E-state index in [0.29, 0.717) is 24.4 Å². The van der Waals surface area contributed by atoms with Crippen LogP contribution < -0.4 is 26.6 Å². The quantitative estimate of drug-likeness (QED) is 0.381. The van der Waals surface area contributed by atoms with Gasteiger partial charge in [0.05, 0.1) is 11.8 Å². The minimum Gasteiger partial charge on any atom is -0.395 e. The Hall–Kier alpha value is -3.96. The first kappa shape index (κ1) is 27.1. The Kier molecular flexibility index (Phi) is 8.28. The minimum absolute atomic E-state index is 0.0314. The van der Waals surface area contributed by atoms with Crippen LogP contribution in [0.15, 0.2) is 48.5 Å². The molecule has 0 unspecified atom stereocenters. The molecule has 0 aliphatic carbocycles. The van der Waals surface area contributed by atoms with Gasteiger partial charge in [-0.25, -0.2) is 0 Å². The summed E-state index contributed by atoms with van der Waals surface area (Å²) < 4.78 is 9.69. The molecule has 0 radical (unpaired) electrons. The molecule has 3 aromatic rings. The second kappa shape index (κ2) is 11.6. The number of aromatic nitrogens is 1. The van der Waals surface area contributed by atoms with E-state index in [4.69, 9.17) is 16.2 Å². The minimum atomic E-state index is -1.04. The lowest BCUT2D eigenvalue weighted by atomic mass is 10.0. The molecule has 1 aromatic heterocycles. The maximum atomic E-state index is 14.2. The highest BCUT2D eigenvalue weighted by Gasteiger charge is 2.37. The zero-order chi connectivity index (χ0) is 27.4. The number of hydrogen-bond donors (Lipinski definition) is 3. The average molecular weight is 537 g/mol. The van der Waals surface area contributed by atoms with E-state index >= 15 is 0 Å². The first-order chi connectivity index (χ1) is 18.2. The van der Waals surface area contributed by atoms with Crippen molar-refractivity contribution in [3.8, 4) is 0 Å². The Labute approximate surface area is 225 Å². The zero-order valence-corrected chi connectivity index (χ0v) is 22.5. The number of rotatable bonds is 9. The van der Waals surface area contributed by atoms with Crippen molar-refractivity contribution in [1.82, 2.24) is 9.69 Å². The zero-order valence-electron chi connectivity index (χ0n) is 21.6. The van der Waals surface area contributed by atoms with Crippen LogP contribution in [-0.2, 0) is 9.53 Å². The molecule has 0 bridgehead atoms. The van der Waals surface area contributed by atoms with Gasteiger partial charge in [0.2, 0.25) is 5.91 Å². The highest BCUT2D eigenvalue weighted by molar-refractivity contribution is 7.09. The van der Waals surface area contributed by atoms with Crippen molar-refractivity contribution in [3.05, 3.63) is 70.2 Å². The van der Waals surface area contributed by atoms with Gasteiger partial charge in [0.1, 0.15) is 10.9 Å². The summed E-state index contributed by atoms with van der Waals surface area (Å²) in [5.41, 5.74) is 14.1. The number of carbonyl (C=O) groups is 3. The average Bonchev–Trinajstić information content (AvgIpc) is 3.56. The van der Waals surface area contributed by atoms with Crippen molar-refractivity contribution < 1.29 is 19.1 Å². The van der Waals surface area contributed by atoms with E-state index in [1.54, 1.807) is 12.1 Å². The number of nitrogens with zero attached hydrogens (tertiary/aromatic N) is 3. The van der Waals surface area contributed by atoms with E-state index in [1.807, 2.05) is 62.3 Å². The van der Waals surface area contributed by atoms with Crippen molar-refractivity contribution in [2.75, 3.05) is 42.8 Å². The van der Waals surface area contributed by atoms with E-state index in [0.717, 1.165) is 35.6 Å². The molecule has 1 aliphatic heterocycles. The topological polar surface area (TPSA) is 144 Å². The van der Waals surface area contributed by atoms with Gasteiger partial charge in [-0.3, -0.25) is 19.3 Å². The number of nitrogen functional groups attached to an aromatic ring is 1. The van der Waals surface area contributed by atoms with Crippen LogP contribution >= 0.6 is 11.5 Å². The van der Waals surface area contributed by atoms with Gasteiger partial charge in [-0.15, -0.1) is 0 Å². The second-order valence-electron chi connectivity index (χ2n) is 9.37. The third-order valence-corrected chi connectivity index (χ3v) is 7.36. The molecule has 0 saturated carbocycles. The summed E-state index contributed by atoms with van der Waals surface area (Å²) in [4.78, 5) is 43.2. The molecule has 1 aliphatic rings. The molecule has 10 nitrogen and oxygen atoms in total. The van der Waals surface area contributed by atoms with E-state index < -0.39 is 17.9 Å². The van der Waals surface area contributed by atoms with Gasteiger partial charge >= 0.3 is 0 Å². The molecule has 11 heteroatoms. The van der Waals surface area contributed by atoms with Crippen molar-refractivity contribution in [1.29, 1.82) is 0 Å². The number of benzene rings is 2. The van der Waals surface area contributed by atoms with E-state index in [9.17, 15) is 14.4 Å². The van der Waals surface area contributed by atoms with Crippen LogP contribution in [0.5, 0.6) is 0 Å². The Morgan fingerprint density at radius 1 is 1.16 bits per heavy atom. The summed E-state index contributed by atoms with van der Waals surface area (Å²) in [6, 6.07) is 13.7. The SMILES string of the molecule is Cc1ccccc1N(C(=O)c1snc(C(N)=O)c1N)[C@@H](C(=O)NC[C@H]1CCCO1)c1ccc(N(C)C)cc1. The lowest BCUT2D eigenvalue weighted by Gasteiger charge is -2.32. The summed E-state index contributed by atoms with van der Waals surface area (Å²) in [7, 11) is 3.85. The molecular formula is C27H32N6O4S. The molecule has 5 N–H and O–H groups in total. The molecule has 1 fully saturated rings. The summed E-state index contributed by atoms with van der Waals surface area (Å²) in [6.07, 6.45) is 1.72. The van der Waals surface area contributed by atoms with E-state index in [1.165, 1.54) is 4.90 Å². The van der Waals surface area contributed by atoms with Crippen LogP contribution in [0.2, 0.25) is 0 Å². The normalized spacial score (nSPS) is 15.6. The third-order valence-electron chi connectivity index (χ3n) is 6.51. The van der Waals surface area contributed by atoms with Crippen LogP contribution in [0, 0.1) is 6.92 Å². The van der Waals surface area contributed by atoms with E-state index in [-0.39, 0.29) is 28.3 Å². The van der Waals surface area contributed by atoms with Crippen molar-refractivity contribution in [3.63, 3.8) is 0 Å². The molecule has 1 saturated heterocycles. The number of nitrogens with one attached hydrogen (secondary N) is 1. The van der Waals surface area contributed by atoms with Crippen molar-refractivity contribution >= 4 is 46.3 Å². The lowest BCUT2D eigenvalue weighted by Crippen LogP contribution is -2.46. The fourth-order valence-corrected chi connectivity index (χ4v) is 5.17. The number of nitrogens with two attached hydrogens (primary N) is 2. The maximum absolute atomic E-state index is 14.2. The number of amides is 3. The molecule has 4 rings (SSSR count). The standard InChI is InChI=1S/C27H32N6O4S/c1-16-7-4-5-9-20(16)33(27(36)24-21(28)22(25(29)34)31-38-24)23(17-10-12-18(13-11-17)32(2)3)26(35)30-15-19-8-6-14-37-19/h4-5,7,9-13,19,23H,6,8,14-15,28H2,1-3H3,(H2,29,34)(H,30,35)/t19-,23-/m1/s1. The van der Waals surface area contributed by atoms with Gasteiger partial charge in [-0.05, 0) is 60.6 Å². The molecule has 3 amide bonds. The molecule has 0 spiro atoms. The van der Waals surface area contributed by atoms with Gasteiger partial charge in [0.15, 0.2) is 5.69 Å². The molecule has 200 valence electrons. The van der Waals surface area contributed by atoms with Gasteiger partial charge in [-0.2, -0.15) is 4.37 Å². The first-order valence-electron chi connectivity index (χ1n) is 12.3. The van der Waals surface area contributed by atoms with Gasteiger partial charge < -0.3 is 26.4 Å². The molecule has 2 atom stereocenters. The summed E-state index contributed by atoms with van der Waals surface area (Å²) >= 11 is 0.780. The highest BCUT2D eigenvalue weighted by Crippen LogP contribution is 2.35. The summed E-state index contributed by atoms with van der Waals surface area (Å²) in [6.45, 7) is 2.85. The molecule has 2 aromatic carbocycles. The summed E-state index contributed by atoms with van der Waals surface area (Å²) in [5, 5.41) is 2.99. The van der Waals surface area contributed by atoms with Gasteiger partial charge in [0, 0.05) is 38.6 Å². The maximum Gasteiger partial charge on any atom is 0.273 e. The third kappa shape index (κ3) is 5.63. The number of aryl methyl sites for hydroxylation is 1. The number of primary amides is 1. The van der Waals surface area contributed by atoms with Crippen molar-refractivity contribution in [2.45, 2.75) is 31.9 Å². The Balaban J connectivity index is 1.83. The number of anilines is 3. The lowest BCUT2D eigenvalue weighted by molar-refractivity contribution is -0.123.